The van der Waals surface area contributed by atoms with Crippen LogP contribution in [0.5, 0.6) is 0 Å². The zero-order valence-electron chi connectivity index (χ0n) is 16.5. The molecule has 0 saturated heterocycles. The summed E-state index contributed by atoms with van der Waals surface area (Å²) in [5, 5.41) is 11.3. The Labute approximate surface area is 163 Å². The second-order valence-electron chi connectivity index (χ2n) is 7.84. The minimum absolute atomic E-state index is 0.107. The van der Waals surface area contributed by atoms with Crippen LogP contribution < -0.4 is 10.4 Å². The van der Waals surface area contributed by atoms with E-state index in [0.717, 1.165) is 0 Å². The lowest BCUT2D eigenvalue weighted by Gasteiger charge is -2.44. The molecule has 0 heterocycles. The molecule has 4 heteroatoms. The van der Waals surface area contributed by atoms with Crippen molar-refractivity contribution in [3.63, 3.8) is 0 Å². The molecule has 0 radical (unpaired) electrons. The van der Waals surface area contributed by atoms with Crippen molar-refractivity contribution in [3.8, 4) is 0 Å². The van der Waals surface area contributed by atoms with Gasteiger partial charge in [-0.2, -0.15) is 0 Å². The third-order valence-corrected chi connectivity index (χ3v) is 9.95. The van der Waals surface area contributed by atoms with Crippen LogP contribution in [0.1, 0.15) is 40.0 Å². The van der Waals surface area contributed by atoms with Gasteiger partial charge in [0.05, 0.1) is 6.10 Å². The van der Waals surface area contributed by atoms with Gasteiger partial charge in [-0.05, 0) is 28.3 Å². The van der Waals surface area contributed by atoms with Crippen LogP contribution in [0.25, 0.3) is 0 Å². The van der Waals surface area contributed by atoms with Gasteiger partial charge in [-0.1, -0.05) is 87.5 Å². The average molecular weight is 383 g/mol. The number of aliphatic carboxylic acids is 1. The van der Waals surface area contributed by atoms with Crippen LogP contribution in [-0.2, 0) is 9.22 Å². The Morgan fingerprint density at radius 2 is 1.56 bits per heavy atom. The Morgan fingerprint density at radius 3 is 1.93 bits per heavy atom. The van der Waals surface area contributed by atoms with E-state index in [1.807, 2.05) is 18.2 Å². The van der Waals surface area contributed by atoms with E-state index in [9.17, 15) is 4.79 Å². The molecule has 2 aromatic rings. The molecule has 0 saturated carbocycles. The van der Waals surface area contributed by atoms with Gasteiger partial charge in [0.2, 0.25) is 0 Å². The summed E-state index contributed by atoms with van der Waals surface area (Å²) < 4.78 is 6.93. The highest BCUT2D eigenvalue weighted by Crippen LogP contribution is 2.38. The Morgan fingerprint density at radius 1 is 1.07 bits per heavy atom. The number of hydrogen-bond donors (Lipinski definition) is 1. The predicted molar refractivity (Wildman–Crippen MR) is 114 cm³/mol. The van der Waals surface area contributed by atoms with Crippen molar-refractivity contribution in [1.29, 1.82) is 0 Å². The number of carboxylic acids is 1. The summed E-state index contributed by atoms with van der Waals surface area (Å²) in [6, 6.07) is 20.9. The SMILES string of the molecule is C=C[C@@H](CCCC(=O)O)O[Si](c1ccccc1)(c1ccccc1)C(C)(C)C. The molecule has 2 aromatic carbocycles. The standard InChI is InChI=1S/C23H30O3Si/c1-5-19(13-12-18-22(24)25)26-27(23(2,3)4,20-14-8-6-9-15-20)21-16-10-7-11-17-21/h5-11,14-17,19H,1,12-13,18H2,2-4H3,(H,24,25)/t19-/m0/s1. The molecule has 2 rings (SSSR count). The molecule has 144 valence electrons. The van der Waals surface area contributed by atoms with Crippen LogP contribution in [0.3, 0.4) is 0 Å². The molecular weight excluding hydrogens is 352 g/mol. The van der Waals surface area contributed by atoms with Gasteiger partial charge < -0.3 is 9.53 Å². The molecule has 0 aliphatic carbocycles. The van der Waals surface area contributed by atoms with Gasteiger partial charge in [0.1, 0.15) is 0 Å². The van der Waals surface area contributed by atoms with Gasteiger partial charge in [0, 0.05) is 6.42 Å². The normalized spacial score (nSPS) is 13.1. The van der Waals surface area contributed by atoms with Crippen molar-refractivity contribution < 1.29 is 14.3 Å². The lowest BCUT2D eigenvalue weighted by Crippen LogP contribution is -2.67. The summed E-state index contributed by atoms with van der Waals surface area (Å²) in [5.74, 6) is -0.775. The zero-order valence-corrected chi connectivity index (χ0v) is 17.5. The van der Waals surface area contributed by atoms with Crippen LogP contribution in [0.4, 0.5) is 0 Å². The van der Waals surface area contributed by atoms with E-state index >= 15 is 0 Å². The first-order chi connectivity index (χ1) is 12.8. The Bertz CT molecular complexity index is 696. The van der Waals surface area contributed by atoms with Crippen LogP contribution in [0, 0.1) is 0 Å². The summed E-state index contributed by atoms with van der Waals surface area (Å²) in [6.45, 7) is 10.7. The minimum atomic E-state index is -2.63. The van der Waals surface area contributed by atoms with Crippen LogP contribution in [-0.4, -0.2) is 25.5 Å². The predicted octanol–water partition coefficient (Wildman–Crippen LogP) is 4.37. The highest BCUT2D eigenvalue weighted by molar-refractivity contribution is 6.99. The summed E-state index contributed by atoms with van der Waals surface area (Å²) in [7, 11) is -2.63. The molecule has 3 nitrogen and oxygen atoms in total. The maximum Gasteiger partial charge on any atom is 0.303 e. The first-order valence-electron chi connectivity index (χ1n) is 9.44. The lowest BCUT2D eigenvalue weighted by atomic mass is 10.1. The van der Waals surface area contributed by atoms with Crippen LogP contribution in [0.2, 0.25) is 5.04 Å². The summed E-state index contributed by atoms with van der Waals surface area (Å²) >= 11 is 0. The Hall–Kier alpha value is -2.17. The fourth-order valence-corrected chi connectivity index (χ4v) is 8.28. The number of carboxylic acid groups (broad SMARTS) is 1. The van der Waals surface area contributed by atoms with E-state index in [1.54, 1.807) is 0 Å². The van der Waals surface area contributed by atoms with E-state index < -0.39 is 14.3 Å². The third kappa shape index (κ3) is 4.96. The topological polar surface area (TPSA) is 46.5 Å². The van der Waals surface area contributed by atoms with Gasteiger partial charge in [0.25, 0.3) is 8.32 Å². The number of benzene rings is 2. The maximum atomic E-state index is 10.9. The van der Waals surface area contributed by atoms with Gasteiger partial charge >= 0.3 is 5.97 Å². The Balaban J connectivity index is 2.51. The molecule has 0 aromatic heterocycles. The first kappa shape index (κ1) is 21.1. The molecule has 0 aliphatic rings. The molecule has 0 unspecified atom stereocenters. The monoisotopic (exact) mass is 382 g/mol. The molecule has 0 aliphatic heterocycles. The minimum Gasteiger partial charge on any atom is -0.481 e. The molecule has 27 heavy (non-hydrogen) atoms. The number of hydrogen-bond acceptors (Lipinski definition) is 2. The van der Waals surface area contributed by atoms with Gasteiger partial charge in [-0.3, -0.25) is 4.79 Å². The van der Waals surface area contributed by atoms with E-state index in [4.69, 9.17) is 9.53 Å². The molecule has 0 bridgehead atoms. The van der Waals surface area contributed by atoms with E-state index in [2.05, 4.69) is 75.9 Å². The van der Waals surface area contributed by atoms with Crippen LogP contribution in [0.15, 0.2) is 73.3 Å². The maximum absolute atomic E-state index is 10.9. The highest BCUT2D eigenvalue weighted by Gasteiger charge is 2.51. The van der Waals surface area contributed by atoms with Gasteiger partial charge in [0.15, 0.2) is 0 Å². The molecule has 0 fully saturated rings. The fourth-order valence-electron chi connectivity index (χ4n) is 3.60. The number of carbonyl (C=O) groups is 1. The Kier molecular flexibility index (Phi) is 7.16. The summed E-state index contributed by atoms with van der Waals surface area (Å²) in [4.78, 5) is 10.9. The molecule has 0 spiro atoms. The van der Waals surface area contributed by atoms with Crippen molar-refractivity contribution in [2.24, 2.45) is 0 Å². The molecule has 0 amide bonds. The van der Waals surface area contributed by atoms with E-state index in [1.165, 1.54) is 10.4 Å². The lowest BCUT2D eigenvalue weighted by molar-refractivity contribution is -0.137. The zero-order chi connectivity index (χ0) is 19.9. The molecular formula is C23H30O3Si. The highest BCUT2D eigenvalue weighted by atomic mass is 28.4. The van der Waals surface area contributed by atoms with E-state index in [0.29, 0.717) is 12.8 Å². The van der Waals surface area contributed by atoms with Crippen molar-refractivity contribution >= 4 is 24.7 Å². The summed E-state index contributed by atoms with van der Waals surface area (Å²) in [5.41, 5.74) is 0. The van der Waals surface area contributed by atoms with Crippen molar-refractivity contribution in [1.82, 2.24) is 0 Å². The summed E-state index contributed by atoms with van der Waals surface area (Å²) in [6.07, 6.45) is 3.01. The molecule has 1 atom stereocenters. The number of rotatable bonds is 9. The second-order valence-corrected chi connectivity index (χ2v) is 12.1. The quantitative estimate of drug-likeness (QED) is 0.517. The fraction of sp³-hybridized carbons (Fsp3) is 0.348. The average Bonchev–Trinajstić information content (AvgIpc) is 2.64. The second kappa shape index (κ2) is 9.15. The van der Waals surface area contributed by atoms with Gasteiger partial charge in [-0.25, -0.2) is 0 Å². The van der Waals surface area contributed by atoms with E-state index in [-0.39, 0.29) is 17.6 Å². The van der Waals surface area contributed by atoms with Crippen molar-refractivity contribution in [3.05, 3.63) is 73.3 Å². The van der Waals surface area contributed by atoms with Crippen molar-refractivity contribution in [2.45, 2.75) is 51.2 Å². The molecule has 1 N–H and O–H groups in total. The smallest absolute Gasteiger partial charge is 0.303 e. The van der Waals surface area contributed by atoms with Crippen LogP contribution >= 0.6 is 0 Å². The van der Waals surface area contributed by atoms with Crippen molar-refractivity contribution in [2.75, 3.05) is 0 Å². The first-order valence-corrected chi connectivity index (χ1v) is 11.4. The largest absolute Gasteiger partial charge is 0.481 e. The third-order valence-electron chi connectivity index (χ3n) is 4.89. The van der Waals surface area contributed by atoms with Gasteiger partial charge in [-0.15, -0.1) is 6.58 Å².